The number of thiophene rings is 1. The molecule has 0 fully saturated rings. The Balaban J connectivity index is 2.05. The van der Waals surface area contributed by atoms with E-state index in [1.165, 1.54) is 0 Å². The normalized spacial score (nSPS) is 11.9. The fraction of sp³-hybridized carbons (Fsp3) is 0.368. The number of hydrogen-bond donors (Lipinski definition) is 1. The summed E-state index contributed by atoms with van der Waals surface area (Å²) in [7, 11) is 3.33. The molecule has 25 heavy (non-hydrogen) atoms. The maximum Gasteiger partial charge on any atom is 0.251 e. The van der Waals surface area contributed by atoms with Crippen LogP contribution in [0, 0.1) is 5.92 Å². The Morgan fingerprint density at radius 1 is 1.20 bits per heavy atom. The van der Waals surface area contributed by atoms with E-state index in [1.807, 2.05) is 30.7 Å². The number of carbonyl (C=O) groups is 2. The molecule has 0 saturated heterocycles. The van der Waals surface area contributed by atoms with Crippen LogP contribution in [0.3, 0.4) is 0 Å². The first-order valence-electron chi connectivity index (χ1n) is 8.13. The summed E-state index contributed by atoms with van der Waals surface area (Å²) in [6.45, 7) is 4.38. The minimum Gasteiger partial charge on any atom is -0.497 e. The van der Waals surface area contributed by atoms with Crippen molar-refractivity contribution in [3.63, 3.8) is 0 Å². The Morgan fingerprint density at radius 3 is 2.40 bits per heavy atom. The van der Waals surface area contributed by atoms with Gasteiger partial charge in [0.2, 0.25) is 5.91 Å². The molecule has 0 bridgehead atoms. The van der Waals surface area contributed by atoms with E-state index in [4.69, 9.17) is 4.74 Å². The van der Waals surface area contributed by atoms with Crippen molar-refractivity contribution in [3.8, 4) is 5.75 Å². The second-order valence-corrected chi connectivity index (χ2v) is 7.03. The summed E-state index contributed by atoms with van der Waals surface area (Å²) >= 11 is 1.60. The third kappa shape index (κ3) is 5.06. The van der Waals surface area contributed by atoms with Crippen LogP contribution in [0.1, 0.15) is 29.8 Å². The highest BCUT2D eigenvalue weighted by molar-refractivity contribution is 7.07. The lowest BCUT2D eigenvalue weighted by Crippen LogP contribution is -2.50. The van der Waals surface area contributed by atoms with Crippen LogP contribution >= 0.6 is 11.3 Å². The molecule has 0 saturated carbocycles. The molecule has 0 radical (unpaired) electrons. The molecule has 0 aliphatic carbocycles. The molecule has 1 aromatic carbocycles. The van der Waals surface area contributed by atoms with Crippen molar-refractivity contribution in [3.05, 3.63) is 52.2 Å². The average Bonchev–Trinajstić information content (AvgIpc) is 3.11. The Morgan fingerprint density at radius 2 is 1.88 bits per heavy atom. The van der Waals surface area contributed by atoms with Gasteiger partial charge in [0.05, 0.1) is 7.11 Å². The lowest BCUT2D eigenvalue weighted by molar-refractivity contribution is -0.133. The van der Waals surface area contributed by atoms with Crippen molar-refractivity contribution < 1.29 is 14.3 Å². The Labute approximate surface area is 152 Å². The minimum atomic E-state index is -0.571. The van der Waals surface area contributed by atoms with Crippen LogP contribution in [-0.4, -0.2) is 36.9 Å². The van der Waals surface area contributed by atoms with Crippen LogP contribution in [0.4, 0.5) is 0 Å². The van der Waals surface area contributed by atoms with Gasteiger partial charge in [0.25, 0.3) is 5.91 Å². The molecule has 2 aromatic rings. The fourth-order valence-corrected chi connectivity index (χ4v) is 3.11. The number of methoxy groups -OCH3 is 1. The van der Waals surface area contributed by atoms with Gasteiger partial charge in [-0.05, 0) is 52.6 Å². The molecular formula is C19H24N2O3S. The van der Waals surface area contributed by atoms with Crippen LogP contribution in [0.15, 0.2) is 41.1 Å². The van der Waals surface area contributed by atoms with Gasteiger partial charge >= 0.3 is 0 Å². The molecule has 1 N–H and O–H groups in total. The largest absolute Gasteiger partial charge is 0.497 e. The van der Waals surface area contributed by atoms with E-state index in [2.05, 4.69) is 5.32 Å². The van der Waals surface area contributed by atoms with Crippen LogP contribution in [0.2, 0.25) is 0 Å². The van der Waals surface area contributed by atoms with Crippen molar-refractivity contribution >= 4 is 23.2 Å². The van der Waals surface area contributed by atoms with Gasteiger partial charge in [-0.3, -0.25) is 9.59 Å². The van der Waals surface area contributed by atoms with Gasteiger partial charge in [-0.1, -0.05) is 13.8 Å². The van der Waals surface area contributed by atoms with Gasteiger partial charge in [-0.25, -0.2) is 0 Å². The predicted octanol–water partition coefficient (Wildman–Crippen LogP) is 3.17. The number of hydrogen-bond acceptors (Lipinski definition) is 4. The first-order valence-corrected chi connectivity index (χ1v) is 9.07. The molecule has 2 amide bonds. The molecule has 0 spiro atoms. The summed E-state index contributed by atoms with van der Waals surface area (Å²) in [6.07, 6.45) is 0. The summed E-state index contributed by atoms with van der Waals surface area (Å²) in [4.78, 5) is 26.9. The molecule has 0 aliphatic heterocycles. The molecule has 134 valence electrons. The van der Waals surface area contributed by atoms with Gasteiger partial charge in [0.1, 0.15) is 11.8 Å². The SMILES string of the molecule is COc1ccc(C(=O)NC(C(=O)N(C)Cc2ccsc2)C(C)C)cc1. The van der Waals surface area contributed by atoms with E-state index in [1.54, 1.807) is 54.7 Å². The zero-order chi connectivity index (χ0) is 18.4. The van der Waals surface area contributed by atoms with Gasteiger partial charge in [-0.15, -0.1) is 0 Å². The third-order valence-corrected chi connectivity index (χ3v) is 4.68. The van der Waals surface area contributed by atoms with Gasteiger partial charge in [0, 0.05) is 19.2 Å². The first-order chi connectivity index (χ1) is 11.9. The molecule has 5 nitrogen and oxygen atoms in total. The molecule has 6 heteroatoms. The number of benzene rings is 1. The number of nitrogens with one attached hydrogen (secondary N) is 1. The van der Waals surface area contributed by atoms with Gasteiger partial charge in [-0.2, -0.15) is 11.3 Å². The van der Waals surface area contributed by atoms with Gasteiger partial charge < -0.3 is 15.0 Å². The topological polar surface area (TPSA) is 58.6 Å². The maximum absolute atomic E-state index is 12.8. The van der Waals surface area contributed by atoms with Crippen LogP contribution in [0.5, 0.6) is 5.75 Å². The average molecular weight is 360 g/mol. The van der Waals surface area contributed by atoms with Crippen molar-refractivity contribution in [2.45, 2.75) is 26.4 Å². The highest BCUT2D eigenvalue weighted by Crippen LogP contribution is 2.14. The predicted molar refractivity (Wildman–Crippen MR) is 99.9 cm³/mol. The summed E-state index contributed by atoms with van der Waals surface area (Å²) in [5, 5.41) is 6.87. The Bertz CT molecular complexity index is 696. The van der Waals surface area contributed by atoms with Crippen molar-refractivity contribution in [2.24, 2.45) is 5.92 Å². The lowest BCUT2D eigenvalue weighted by Gasteiger charge is -2.27. The Hall–Kier alpha value is -2.34. The third-order valence-electron chi connectivity index (χ3n) is 3.95. The van der Waals surface area contributed by atoms with E-state index < -0.39 is 6.04 Å². The monoisotopic (exact) mass is 360 g/mol. The fourth-order valence-electron chi connectivity index (χ4n) is 2.45. The molecular weight excluding hydrogens is 336 g/mol. The molecule has 1 atom stereocenters. The van der Waals surface area contributed by atoms with E-state index in [-0.39, 0.29) is 17.7 Å². The number of likely N-dealkylation sites (N-methyl/N-ethyl adjacent to an activating group) is 1. The first kappa shape index (κ1) is 19.0. The standard InChI is InChI=1S/C19H24N2O3S/c1-13(2)17(19(23)21(3)11-14-9-10-25-12-14)20-18(22)15-5-7-16(24-4)8-6-15/h5-10,12-13,17H,11H2,1-4H3,(H,20,22). The van der Waals surface area contributed by atoms with Crippen molar-refractivity contribution in [1.82, 2.24) is 10.2 Å². The Kier molecular flexibility index (Phi) is 6.58. The summed E-state index contributed by atoms with van der Waals surface area (Å²) in [5.41, 5.74) is 1.59. The second-order valence-electron chi connectivity index (χ2n) is 6.25. The highest BCUT2D eigenvalue weighted by Gasteiger charge is 2.27. The molecule has 2 rings (SSSR count). The van der Waals surface area contributed by atoms with Crippen LogP contribution in [-0.2, 0) is 11.3 Å². The zero-order valence-electron chi connectivity index (χ0n) is 15.0. The minimum absolute atomic E-state index is 0.0142. The number of ether oxygens (including phenoxy) is 1. The summed E-state index contributed by atoms with van der Waals surface area (Å²) in [5.74, 6) is 0.310. The number of rotatable bonds is 7. The van der Waals surface area contributed by atoms with Crippen LogP contribution < -0.4 is 10.1 Å². The lowest BCUT2D eigenvalue weighted by atomic mass is 10.0. The number of amides is 2. The van der Waals surface area contributed by atoms with Crippen molar-refractivity contribution in [2.75, 3.05) is 14.2 Å². The maximum atomic E-state index is 12.8. The highest BCUT2D eigenvalue weighted by atomic mass is 32.1. The van der Waals surface area contributed by atoms with E-state index in [0.29, 0.717) is 17.9 Å². The van der Waals surface area contributed by atoms with E-state index in [9.17, 15) is 9.59 Å². The van der Waals surface area contributed by atoms with Crippen LogP contribution in [0.25, 0.3) is 0 Å². The van der Waals surface area contributed by atoms with Crippen molar-refractivity contribution in [1.29, 1.82) is 0 Å². The van der Waals surface area contributed by atoms with Gasteiger partial charge in [0.15, 0.2) is 0 Å². The summed E-state index contributed by atoms with van der Waals surface area (Å²) in [6, 6.07) is 8.25. The second kappa shape index (κ2) is 8.67. The number of nitrogens with zero attached hydrogens (tertiary/aromatic N) is 1. The molecule has 1 aromatic heterocycles. The molecule has 1 unspecified atom stereocenters. The number of carbonyl (C=O) groups excluding carboxylic acids is 2. The zero-order valence-corrected chi connectivity index (χ0v) is 15.8. The molecule has 0 aliphatic rings. The smallest absolute Gasteiger partial charge is 0.251 e. The summed E-state index contributed by atoms with van der Waals surface area (Å²) < 4.78 is 5.10. The van der Waals surface area contributed by atoms with E-state index >= 15 is 0 Å². The quantitative estimate of drug-likeness (QED) is 0.825. The van der Waals surface area contributed by atoms with E-state index in [0.717, 1.165) is 5.56 Å². The molecule has 1 heterocycles.